The Bertz CT molecular complexity index is 1110. The maximum absolute atomic E-state index is 12.8. The molecule has 0 saturated carbocycles. The summed E-state index contributed by atoms with van der Waals surface area (Å²) in [6, 6.07) is 5.19. The minimum Gasteiger partial charge on any atom is -0.355 e. The summed E-state index contributed by atoms with van der Waals surface area (Å²) in [5, 5.41) is 3.95. The lowest BCUT2D eigenvalue weighted by Crippen LogP contribution is -2.54. The lowest BCUT2D eigenvalue weighted by molar-refractivity contribution is -0.137. The van der Waals surface area contributed by atoms with Crippen molar-refractivity contribution in [2.45, 2.75) is 30.5 Å². The molecule has 0 radical (unpaired) electrons. The van der Waals surface area contributed by atoms with Gasteiger partial charge in [0, 0.05) is 36.5 Å². The largest absolute Gasteiger partial charge is 0.416 e. The second-order valence-electron chi connectivity index (χ2n) is 8.24. The van der Waals surface area contributed by atoms with Crippen LogP contribution in [0.15, 0.2) is 41.6 Å². The Morgan fingerprint density at radius 3 is 2.50 bits per heavy atom. The molecule has 2 aliphatic rings. The summed E-state index contributed by atoms with van der Waals surface area (Å²) >= 11 is 1.46. The highest BCUT2D eigenvalue weighted by Gasteiger charge is 2.48. The first-order valence-corrected chi connectivity index (χ1v) is 10.8. The minimum absolute atomic E-state index is 0.0821. The van der Waals surface area contributed by atoms with Crippen molar-refractivity contribution >= 4 is 28.9 Å². The number of alkyl halides is 5. The van der Waals surface area contributed by atoms with Gasteiger partial charge in [0.1, 0.15) is 17.9 Å². The fourth-order valence-electron chi connectivity index (χ4n) is 4.27. The fourth-order valence-corrected chi connectivity index (χ4v) is 5.50. The van der Waals surface area contributed by atoms with Gasteiger partial charge in [0.15, 0.2) is 5.65 Å². The molecule has 2 fully saturated rings. The van der Waals surface area contributed by atoms with Crippen molar-refractivity contribution in [1.82, 2.24) is 24.1 Å². The number of halogens is 5. The monoisotopic (exact) mass is 470 g/mol. The zero-order valence-corrected chi connectivity index (χ0v) is 17.6. The van der Waals surface area contributed by atoms with E-state index >= 15 is 0 Å². The van der Waals surface area contributed by atoms with Gasteiger partial charge in [0.05, 0.1) is 18.0 Å². The van der Waals surface area contributed by atoms with Crippen LogP contribution in [-0.2, 0) is 12.7 Å². The van der Waals surface area contributed by atoms with E-state index in [1.165, 1.54) is 35.0 Å². The van der Waals surface area contributed by atoms with E-state index in [0.29, 0.717) is 17.0 Å². The number of benzene rings is 1. The number of anilines is 1. The third kappa shape index (κ3) is 4.13. The Balaban J connectivity index is 1.21. The Labute approximate surface area is 184 Å². The van der Waals surface area contributed by atoms with Gasteiger partial charge in [-0.3, -0.25) is 0 Å². The van der Waals surface area contributed by atoms with E-state index in [9.17, 15) is 22.0 Å². The first kappa shape index (κ1) is 21.4. The van der Waals surface area contributed by atoms with E-state index in [1.807, 2.05) is 0 Å². The van der Waals surface area contributed by atoms with Crippen LogP contribution >= 0.6 is 11.9 Å². The van der Waals surface area contributed by atoms with Crippen LogP contribution in [0.5, 0.6) is 0 Å². The quantitative estimate of drug-likeness (QED) is 0.409. The summed E-state index contributed by atoms with van der Waals surface area (Å²) in [5.74, 6) is 0.638. The van der Waals surface area contributed by atoms with Crippen molar-refractivity contribution in [1.29, 1.82) is 0 Å². The van der Waals surface area contributed by atoms with E-state index in [0.717, 1.165) is 49.6 Å². The number of fused-ring (bicyclic) bond motifs is 1. The number of hydrogen-bond donors (Lipinski definition) is 0. The van der Waals surface area contributed by atoms with Crippen LogP contribution < -0.4 is 4.90 Å². The fraction of sp³-hybridized carbons (Fsp3) is 0.450. The summed E-state index contributed by atoms with van der Waals surface area (Å²) < 4.78 is 67.0. The molecular formula is C20H19F5N6S. The van der Waals surface area contributed by atoms with Gasteiger partial charge in [-0.25, -0.2) is 27.7 Å². The van der Waals surface area contributed by atoms with E-state index in [1.54, 1.807) is 6.20 Å². The van der Waals surface area contributed by atoms with Gasteiger partial charge < -0.3 is 4.90 Å². The van der Waals surface area contributed by atoms with Crippen LogP contribution in [0, 0.1) is 5.41 Å². The van der Waals surface area contributed by atoms with Crippen molar-refractivity contribution in [3.8, 4) is 0 Å². The van der Waals surface area contributed by atoms with Gasteiger partial charge in [-0.15, -0.1) is 0 Å². The number of rotatable bonds is 5. The smallest absolute Gasteiger partial charge is 0.355 e. The molecule has 2 saturated heterocycles. The first-order chi connectivity index (χ1) is 15.2. The second-order valence-corrected chi connectivity index (χ2v) is 9.41. The van der Waals surface area contributed by atoms with Crippen LogP contribution in [-0.4, -0.2) is 56.7 Å². The minimum atomic E-state index is -4.33. The molecular weight excluding hydrogens is 451 g/mol. The van der Waals surface area contributed by atoms with E-state index in [-0.39, 0.29) is 5.41 Å². The van der Waals surface area contributed by atoms with E-state index in [2.05, 4.69) is 24.3 Å². The zero-order valence-electron chi connectivity index (χ0n) is 16.8. The zero-order chi connectivity index (χ0) is 22.5. The molecule has 1 aromatic carbocycles. The molecule has 0 amide bonds. The van der Waals surface area contributed by atoms with Crippen LogP contribution in [0.1, 0.15) is 12.0 Å². The van der Waals surface area contributed by atoms with E-state index in [4.69, 9.17) is 0 Å². The predicted molar refractivity (Wildman–Crippen MR) is 109 cm³/mol. The molecule has 5 rings (SSSR count). The molecule has 32 heavy (non-hydrogen) atoms. The summed E-state index contributed by atoms with van der Waals surface area (Å²) in [6.07, 6.45) is -2.83. The average molecular weight is 470 g/mol. The Hall–Kier alpha value is -2.47. The van der Waals surface area contributed by atoms with Crippen molar-refractivity contribution in [2.24, 2.45) is 5.41 Å². The third-order valence-corrected chi connectivity index (χ3v) is 6.84. The number of aromatic nitrogens is 4. The highest BCUT2D eigenvalue weighted by Crippen LogP contribution is 2.45. The second kappa shape index (κ2) is 7.84. The maximum atomic E-state index is 12.8. The van der Waals surface area contributed by atoms with Crippen molar-refractivity contribution in [3.05, 3.63) is 42.2 Å². The van der Waals surface area contributed by atoms with Gasteiger partial charge in [0.2, 0.25) is 0 Å². The van der Waals surface area contributed by atoms with Gasteiger partial charge in [-0.05, 0) is 42.6 Å². The summed E-state index contributed by atoms with van der Waals surface area (Å²) in [5.41, 5.74) is 0.253. The molecule has 0 atom stereocenters. The first-order valence-electron chi connectivity index (χ1n) is 10.0. The highest BCUT2D eigenvalue weighted by atomic mass is 32.2. The molecule has 12 heteroatoms. The Morgan fingerprint density at radius 1 is 1.06 bits per heavy atom. The maximum Gasteiger partial charge on any atom is 0.416 e. The average Bonchev–Trinajstić information content (AvgIpc) is 3.32. The topological polar surface area (TPSA) is 50.1 Å². The number of nitrogens with zero attached hydrogens (tertiary/aromatic N) is 6. The molecule has 1 spiro atoms. The van der Waals surface area contributed by atoms with Gasteiger partial charge in [-0.2, -0.15) is 18.3 Å². The van der Waals surface area contributed by atoms with Gasteiger partial charge in [0.25, 0.3) is 6.43 Å². The van der Waals surface area contributed by atoms with E-state index < -0.39 is 24.7 Å². The van der Waals surface area contributed by atoms with Crippen LogP contribution in [0.25, 0.3) is 11.2 Å². The molecule has 2 aromatic heterocycles. The van der Waals surface area contributed by atoms with Crippen LogP contribution in [0.4, 0.5) is 27.8 Å². The standard InChI is InChI=1S/C20H19F5N6S/c21-16(22)9-31-18-15(7-27-31)26-8-17(28-18)29-6-5-19(10-29)11-30(12-19)32-14-3-1-13(2-4-14)20(23,24)25/h1-4,7-8,16H,5-6,9-12H2. The van der Waals surface area contributed by atoms with Crippen molar-refractivity contribution in [3.63, 3.8) is 0 Å². The normalized spacial score (nSPS) is 18.8. The third-order valence-electron chi connectivity index (χ3n) is 5.85. The molecule has 0 aliphatic carbocycles. The highest BCUT2D eigenvalue weighted by molar-refractivity contribution is 7.97. The lowest BCUT2D eigenvalue weighted by atomic mass is 9.81. The molecule has 170 valence electrons. The van der Waals surface area contributed by atoms with Gasteiger partial charge >= 0.3 is 6.18 Å². The van der Waals surface area contributed by atoms with Crippen LogP contribution in [0.3, 0.4) is 0 Å². The van der Waals surface area contributed by atoms with Crippen molar-refractivity contribution in [2.75, 3.05) is 31.1 Å². The molecule has 2 aliphatic heterocycles. The molecule has 0 bridgehead atoms. The Morgan fingerprint density at radius 2 is 1.81 bits per heavy atom. The lowest BCUT2D eigenvalue weighted by Gasteiger charge is -2.47. The molecule has 3 aromatic rings. The molecule has 0 N–H and O–H groups in total. The molecule has 4 heterocycles. The SMILES string of the molecule is FC(F)Cn1ncc2ncc(N3CCC4(CN(Sc5ccc(C(F)(F)F)cc5)C4)C3)nc21. The summed E-state index contributed by atoms with van der Waals surface area (Å²) in [6.45, 7) is 2.65. The molecule has 0 unspecified atom stereocenters. The van der Waals surface area contributed by atoms with Gasteiger partial charge in [-0.1, -0.05) is 0 Å². The summed E-state index contributed by atoms with van der Waals surface area (Å²) in [4.78, 5) is 11.7. The number of hydrogen-bond acceptors (Lipinski definition) is 6. The predicted octanol–water partition coefficient (Wildman–Crippen LogP) is 4.33. The summed E-state index contributed by atoms with van der Waals surface area (Å²) in [7, 11) is 0. The Kier molecular flexibility index (Phi) is 5.24. The van der Waals surface area contributed by atoms with Crippen molar-refractivity contribution < 1.29 is 22.0 Å². The molecule has 6 nitrogen and oxygen atoms in total. The van der Waals surface area contributed by atoms with Crippen LogP contribution in [0.2, 0.25) is 0 Å².